The summed E-state index contributed by atoms with van der Waals surface area (Å²) in [5, 5.41) is 5.65. The average molecular weight is 679 g/mol. The zero-order chi connectivity index (χ0) is 35.5. The van der Waals surface area contributed by atoms with Crippen LogP contribution in [0.2, 0.25) is 0 Å². The Balaban J connectivity index is 1.41. The van der Waals surface area contributed by atoms with Crippen LogP contribution in [-0.2, 0) is 4.79 Å². The summed E-state index contributed by atoms with van der Waals surface area (Å²) in [6, 6.07) is 20.7. The number of hydrogen-bond donors (Lipinski definition) is 0. The van der Waals surface area contributed by atoms with E-state index in [0.29, 0.717) is 44.7 Å². The number of nitrogens with zero attached hydrogens (tertiary/aromatic N) is 7. The van der Waals surface area contributed by atoms with Crippen LogP contribution in [0.1, 0.15) is 76.6 Å². The summed E-state index contributed by atoms with van der Waals surface area (Å²) in [5.74, 6) is 0.928. The van der Waals surface area contributed by atoms with Gasteiger partial charge in [-0.15, -0.1) is 0 Å². The zero-order valence-corrected chi connectivity index (χ0v) is 30.2. The second kappa shape index (κ2) is 17.7. The quantitative estimate of drug-likeness (QED) is 0.0319. The molecule has 0 aromatic heterocycles. The molecule has 3 aliphatic rings. The Kier molecular flexibility index (Phi) is 12.9. The molecule has 10 heteroatoms. The van der Waals surface area contributed by atoms with Crippen molar-refractivity contribution < 1.29 is 14.0 Å². The van der Waals surface area contributed by atoms with Crippen molar-refractivity contribution in [3.8, 4) is 22.5 Å². The lowest BCUT2D eigenvalue weighted by atomic mass is 9.90. The monoisotopic (exact) mass is 678 g/mol. The molecule has 264 valence electrons. The Morgan fingerprint density at radius 3 is 2.26 bits per heavy atom. The highest BCUT2D eigenvalue weighted by Crippen LogP contribution is 2.42. The van der Waals surface area contributed by atoms with Crippen LogP contribution in [0.3, 0.4) is 0 Å². The van der Waals surface area contributed by atoms with Crippen LogP contribution < -0.4 is 14.8 Å². The minimum Gasteiger partial charge on any atom is -0.456 e. The van der Waals surface area contributed by atoms with E-state index in [0.717, 1.165) is 103 Å². The Hall–Kier alpha value is -4.82. The predicted molar refractivity (Wildman–Crippen MR) is 202 cm³/mol. The summed E-state index contributed by atoms with van der Waals surface area (Å²) in [6.45, 7) is 14.8. The van der Waals surface area contributed by atoms with Crippen LogP contribution in [0.4, 0.5) is 5.69 Å². The van der Waals surface area contributed by atoms with Crippen molar-refractivity contribution in [2.24, 2.45) is 5.11 Å². The van der Waals surface area contributed by atoms with E-state index < -0.39 is 0 Å². The van der Waals surface area contributed by atoms with Gasteiger partial charge in [-0.25, -0.2) is 4.58 Å². The zero-order valence-electron chi connectivity index (χ0n) is 30.2. The maximum Gasteiger partial charge on any atom is 0.254 e. The summed E-state index contributed by atoms with van der Waals surface area (Å²) < 4.78 is 8.99. The summed E-state index contributed by atoms with van der Waals surface area (Å²) in [4.78, 5) is 36.1. The molecule has 2 amide bonds. The highest BCUT2D eigenvalue weighted by atomic mass is 16.3. The maximum atomic E-state index is 14.3. The Bertz CT molecular complexity index is 1860. The molecule has 1 saturated heterocycles. The number of fused-ring (bicyclic) bond motifs is 2. The Morgan fingerprint density at radius 2 is 1.54 bits per heavy atom. The largest absolute Gasteiger partial charge is 0.456 e. The Labute approximate surface area is 296 Å². The highest BCUT2D eigenvalue weighted by Gasteiger charge is 2.28. The van der Waals surface area contributed by atoms with Crippen LogP contribution in [0.15, 0.2) is 70.2 Å². The van der Waals surface area contributed by atoms with Crippen LogP contribution in [0.5, 0.6) is 0 Å². The number of unbranched alkanes of at least 4 members (excludes halogenated alkanes) is 4. The van der Waals surface area contributed by atoms with Gasteiger partial charge in [-0.3, -0.25) is 9.59 Å². The minimum absolute atomic E-state index is 0.0185. The highest BCUT2D eigenvalue weighted by molar-refractivity contribution is 6.09. The van der Waals surface area contributed by atoms with Crippen molar-refractivity contribution in [1.29, 1.82) is 0 Å². The van der Waals surface area contributed by atoms with Crippen LogP contribution in [-0.4, -0.2) is 80.5 Å². The molecule has 0 N–H and O–H groups in total. The van der Waals surface area contributed by atoms with Crippen molar-refractivity contribution in [2.75, 3.05) is 63.8 Å². The molecule has 0 saturated carbocycles. The summed E-state index contributed by atoms with van der Waals surface area (Å²) in [7, 11) is 0. The van der Waals surface area contributed by atoms with E-state index in [-0.39, 0.29) is 11.8 Å². The first-order valence-electron chi connectivity index (χ1n) is 18.4. The molecule has 0 bridgehead atoms. The van der Waals surface area contributed by atoms with E-state index in [4.69, 9.17) is 9.95 Å². The number of amides is 2. The number of hydrogen-bond acceptors (Lipinski definition) is 5. The first kappa shape index (κ1) is 36.5. The average Bonchev–Trinajstić information content (AvgIpc) is 3.15. The van der Waals surface area contributed by atoms with Crippen molar-refractivity contribution >= 4 is 28.5 Å². The van der Waals surface area contributed by atoms with Gasteiger partial charge in [-0.1, -0.05) is 42.6 Å². The normalized spacial score (nSPS) is 13.0. The second-order valence-electron chi connectivity index (χ2n) is 12.9. The number of rotatable bonds is 15. The van der Waals surface area contributed by atoms with Gasteiger partial charge in [0.15, 0.2) is 0 Å². The van der Waals surface area contributed by atoms with E-state index in [1.54, 1.807) is 0 Å². The smallest absolute Gasteiger partial charge is 0.254 e. The fraction of sp³-hybridized carbons (Fsp3) is 0.475. The lowest BCUT2D eigenvalue weighted by Gasteiger charge is -2.35. The molecule has 5 rings (SSSR count). The Morgan fingerprint density at radius 1 is 0.840 bits per heavy atom. The van der Waals surface area contributed by atoms with Gasteiger partial charge >= 0.3 is 0 Å². The van der Waals surface area contributed by atoms with Gasteiger partial charge in [0.2, 0.25) is 11.3 Å². The fourth-order valence-electron chi connectivity index (χ4n) is 7.14. The standard InChI is InChI=1S/C40H52N7O3/c1-5-44(6-2)30-19-21-34-36(28-30)50-37-29-31(45(7-3)8-4)20-22-35(37)39(34)32-16-13-14-17-33(32)40(49)47-26-24-46(25-27-47)38(48)18-12-10-9-11-15-23-42-43-41/h13-14,16-17,19-22,28-29H,5-12,15,18,23-27H2,1-4H3/q+1. The fourth-order valence-corrected chi connectivity index (χ4v) is 7.14. The molecule has 0 radical (unpaired) electrons. The molecule has 0 spiro atoms. The van der Waals surface area contributed by atoms with Crippen molar-refractivity contribution in [2.45, 2.75) is 66.2 Å². The third kappa shape index (κ3) is 8.30. The number of piperazine rings is 1. The number of carbonyl (C=O) groups is 2. The molecule has 1 fully saturated rings. The topological polar surface area (TPSA) is 109 Å². The van der Waals surface area contributed by atoms with Gasteiger partial charge in [-0.05, 0) is 75.9 Å². The minimum atomic E-state index is -0.0185. The predicted octanol–water partition coefficient (Wildman–Crippen LogP) is 7.80. The first-order valence-corrected chi connectivity index (χ1v) is 18.4. The third-order valence-electron chi connectivity index (χ3n) is 10.0. The molecule has 1 aliphatic carbocycles. The molecule has 0 unspecified atom stereocenters. The van der Waals surface area contributed by atoms with E-state index in [1.165, 1.54) is 0 Å². The summed E-state index contributed by atoms with van der Waals surface area (Å²) in [5.41, 5.74) is 13.8. The number of benzene rings is 3. The first-order chi connectivity index (χ1) is 24.4. The van der Waals surface area contributed by atoms with E-state index >= 15 is 0 Å². The molecule has 2 heterocycles. The number of anilines is 1. The lowest BCUT2D eigenvalue weighted by Crippen LogP contribution is -2.50. The molecule has 10 nitrogen and oxygen atoms in total. The van der Waals surface area contributed by atoms with Gasteiger partial charge in [0.25, 0.3) is 5.91 Å². The third-order valence-corrected chi connectivity index (χ3v) is 10.0. The SMILES string of the molecule is CCN(CC)c1ccc2c(-c3ccccc3C(=O)N3CCN(C(=O)CCCCCCCN=[N+]=[N-])CC3)c3ccc(=[N+](CC)CC)cc-3oc2c1. The molecular formula is C40H52N7O3+. The van der Waals surface area contributed by atoms with Gasteiger partial charge < -0.3 is 19.1 Å². The van der Waals surface area contributed by atoms with E-state index in [9.17, 15) is 9.59 Å². The lowest BCUT2D eigenvalue weighted by molar-refractivity contribution is -0.132. The van der Waals surface area contributed by atoms with Crippen LogP contribution in [0, 0.1) is 0 Å². The molecule has 2 aromatic carbocycles. The second-order valence-corrected chi connectivity index (χ2v) is 12.9. The summed E-state index contributed by atoms with van der Waals surface area (Å²) in [6.07, 6.45) is 5.29. The molecule has 2 aliphatic heterocycles. The van der Waals surface area contributed by atoms with Gasteiger partial charge in [0.05, 0.1) is 6.07 Å². The number of azide groups is 1. The van der Waals surface area contributed by atoms with Gasteiger partial charge in [0.1, 0.15) is 24.4 Å². The number of carbonyl (C=O) groups excluding carboxylic acids is 2. The van der Waals surface area contributed by atoms with Crippen molar-refractivity contribution in [3.63, 3.8) is 0 Å². The van der Waals surface area contributed by atoms with E-state index in [2.05, 4.69) is 89.7 Å². The van der Waals surface area contributed by atoms with Crippen molar-refractivity contribution in [3.05, 3.63) is 82.0 Å². The van der Waals surface area contributed by atoms with E-state index in [1.807, 2.05) is 28.0 Å². The molecule has 2 aromatic rings. The van der Waals surface area contributed by atoms with Crippen LogP contribution in [0.25, 0.3) is 43.9 Å². The molecular weight excluding hydrogens is 626 g/mol. The summed E-state index contributed by atoms with van der Waals surface area (Å²) >= 11 is 0. The van der Waals surface area contributed by atoms with Gasteiger partial charge in [-0.2, -0.15) is 0 Å². The maximum absolute atomic E-state index is 14.3. The van der Waals surface area contributed by atoms with Crippen LogP contribution >= 0.6 is 0 Å². The van der Waals surface area contributed by atoms with Crippen molar-refractivity contribution in [1.82, 2.24) is 14.4 Å². The molecule has 50 heavy (non-hydrogen) atoms. The van der Waals surface area contributed by atoms with Gasteiger partial charge in [0, 0.05) is 97.0 Å². The molecule has 0 atom stereocenters.